The molecule has 0 spiro atoms. The molecular formula is C39H67F3O6. The van der Waals surface area contributed by atoms with Crippen LogP contribution < -0.4 is 4.74 Å². The van der Waals surface area contributed by atoms with Crippen molar-refractivity contribution in [2.75, 3.05) is 6.61 Å². The Balaban J connectivity index is 0. The molecule has 0 radical (unpaired) electrons. The first kappa shape index (κ1) is 47.5. The van der Waals surface area contributed by atoms with E-state index < -0.39 is 29.1 Å². The summed E-state index contributed by atoms with van der Waals surface area (Å²) >= 11 is 0. The van der Waals surface area contributed by atoms with Crippen molar-refractivity contribution in [3.05, 3.63) is 29.8 Å². The van der Waals surface area contributed by atoms with Gasteiger partial charge in [0.05, 0.1) is 22.9 Å². The van der Waals surface area contributed by atoms with Crippen molar-refractivity contribution in [2.24, 2.45) is 22.2 Å². The standard InChI is InChI=1S/C16H24O2.C14H28O2.C9H15F3O2/c1-7-16(5,6)14(17)18-13-10-8-12(9-11-13)15(2,3)4;1-6-9-10-12(7-2)11-16-13(15)14(4,5)8-3;1-5-8(3,4)7(13)14-6(2)9(10,11)12/h8-11H,7H2,1-6H3;12H,6-11H2,1-5H3;6H,5H2,1-4H3. The minimum absolute atomic E-state index is 0.0510. The summed E-state index contributed by atoms with van der Waals surface area (Å²) in [7, 11) is 0. The highest BCUT2D eigenvalue weighted by Crippen LogP contribution is 2.29. The van der Waals surface area contributed by atoms with Crippen LogP contribution in [-0.2, 0) is 29.3 Å². The monoisotopic (exact) mass is 688 g/mol. The lowest BCUT2D eigenvalue weighted by Gasteiger charge is -2.24. The smallest absolute Gasteiger partial charge is 0.425 e. The van der Waals surface area contributed by atoms with Gasteiger partial charge in [-0.2, -0.15) is 13.2 Å². The van der Waals surface area contributed by atoms with Crippen LogP contribution >= 0.6 is 0 Å². The van der Waals surface area contributed by atoms with Gasteiger partial charge in [0.25, 0.3) is 0 Å². The van der Waals surface area contributed by atoms with E-state index in [9.17, 15) is 27.6 Å². The molecule has 2 unspecified atom stereocenters. The molecule has 0 heterocycles. The minimum atomic E-state index is -4.49. The second-order valence-electron chi connectivity index (χ2n) is 15.5. The molecule has 0 aliphatic heterocycles. The van der Waals surface area contributed by atoms with Gasteiger partial charge in [0.2, 0.25) is 0 Å². The van der Waals surface area contributed by atoms with Gasteiger partial charge in [-0.3, -0.25) is 14.4 Å². The first-order chi connectivity index (χ1) is 21.7. The molecule has 0 aromatic heterocycles. The number of carbonyl (C=O) groups is 3. The zero-order valence-corrected chi connectivity index (χ0v) is 32.7. The molecule has 0 bridgehead atoms. The lowest BCUT2D eigenvalue weighted by molar-refractivity contribution is -0.221. The highest BCUT2D eigenvalue weighted by atomic mass is 19.4. The number of hydrogen-bond acceptors (Lipinski definition) is 6. The number of hydrogen-bond donors (Lipinski definition) is 0. The van der Waals surface area contributed by atoms with Gasteiger partial charge in [-0.15, -0.1) is 0 Å². The van der Waals surface area contributed by atoms with Crippen molar-refractivity contribution in [1.82, 2.24) is 0 Å². The molecule has 0 aliphatic carbocycles. The summed E-state index contributed by atoms with van der Waals surface area (Å²) in [4.78, 5) is 34.9. The molecule has 48 heavy (non-hydrogen) atoms. The van der Waals surface area contributed by atoms with Gasteiger partial charge >= 0.3 is 24.1 Å². The van der Waals surface area contributed by atoms with Crippen molar-refractivity contribution >= 4 is 17.9 Å². The highest BCUT2D eigenvalue weighted by Gasteiger charge is 2.41. The third-order valence-electron chi connectivity index (χ3n) is 8.98. The maximum Gasteiger partial charge on any atom is 0.425 e. The Labute approximate surface area is 290 Å². The molecule has 0 aliphatic rings. The molecule has 0 N–H and O–H groups in total. The Kier molecular flexibility index (Phi) is 20.6. The van der Waals surface area contributed by atoms with Gasteiger partial charge < -0.3 is 14.2 Å². The Morgan fingerprint density at radius 1 is 0.688 bits per heavy atom. The number of carbonyl (C=O) groups excluding carboxylic acids is 3. The maximum atomic E-state index is 12.0. The van der Waals surface area contributed by atoms with Crippen LogP contribution in [0.3, 0.4) is 0 Å². The van der Waals surface area contributed by atoms with Crippen LogP contribution in [0.1, 0.15) is 154 Å². The molecule has 9 heteroatoms. The average molecular weight is 689 g/mol. The normalized spacial score (nSPS) is 13.5. The molecule has 1 aromatic carbocycles. The molecule has 0 saturated carbocycles. The molecule has 1 aromatic rings. The summed E-state index contributed by atoms with van der Waals surface area (Å²) in [6.45, 7) is 28.8. The Morgan fingerprint density at radius 3 is 1.50 bits per heavy atom. The topological polar surface area (TPSA) is 78.9 Å². The third kappa shape index (κ3) is 18.3. The number of benzene rings is 1. The van der Waals surface area contributed by atoms with Crippen LogP contribution in [0.2, 0.25) is 0 Å². The van der Waals surface area contributed by atoms with Gasteiger partial charge in [-0.1, -0.05) is 86.8 Å². The lowest BCUT2D eigenvalue weighted by atomic mass is 9.87. The molecule has 6 nitrogen and oxygen atoms in total. The fraction of sp³-hybridized carbons (Fsp3) is 0.769. The van der Waals surface area contributed by atoms with Crippen LogP contribution in [0.5, 0.6) is 5.75 Å². The van der Waals surface area contributed by atoms with Crippen molar-refractivity contribution in [1.29, 1.82) is 0 Å². The predicted octanol–water partition coefficient (Wildman–Crippen LogP) is 11.4. The summed E-state index contributed by atoms with van der Waals surface area (Å²) in [6.07, 6.45) is 0.227. The van der Waals surface area contributed by atoms with Crippen molar-refractivity contribution in [2.45, 2.75) is 166 Å². The van der Waals surface area contributed by atoms with E-state index in [-0.39, 0.29) is 22.8 Å². The number of ether oxygens (including phenoxy) is 3. The Bertz CT molecular complexity index is 1080. The molecule has 2 atom stereocenters. The Hall–Kier alpha value is -2.58. The zero-order valence-electron chi connectivity index (χ0n) is 32.7. The summed E-state index contributed by atoms with van der Waals surface area (Å²) in [5.41, 5.74) is -0.270. The van der Waals surface area contributed by atoms with E-state index in [4.69, 9.17) is 9.47 Å². The molecular weight excluding hydrogens is 621 g/mol. The van der Waals surface area contributed by atoms with Gasteiger partial charge in [-0.05, 0) is 103 Å². The van der Waals surface area contributed by atoms with Crippen molar-refractivity contribution in [3.63, 3.8) is 0 Å². The number of unbranched alkanes of at least 4 members (excludes halogenated alkanes) is 1. The maximum absolute atomic E-state index is 12.0. The van der Waals surface area contributed by atoms with Crippen LogP contribution in [0, 0.1) is 22.2 Å². The number of alkyl halides is 3. The van der Waals surface area contributed by atoms with E-state index in [1.807, 2.05) is 65.8 Å². The van der Waals surface area contributed by atoms with Gasteiger partial charge in [0, 0.05) is 0 Å². The first-order valence-electron chi connectivity index (χ1n) is 17.5. The minimum Gasteiger partial charge on any atom is -0.465 e. The first-order valence-corrected chi connectivity index (χ1v) is 17.5. The van der Waals surface area contributed by atoms with Crippen LogP contribution in [0.15, 0.2) is 24.3 Å². The fourth-order valence-corrected chi connectivity index (χ4v) is 3.38. The van der Waals surface area contributed by atoms with Crippen molar-refractivity contribution < 1.29 is 41.8 Å². The SMILES string of the molecule is CCC(C)(C)C(=O)OC(C)C(F)(F)F.CCC(C)(C)C(=O)Oc1ccc(C(C)(C)C)cc1.CCCCC(CC)COC(=O)C(C)(C)CC. The number of rotatable bonds is 14. The second kappa shape index (κ2) is 20.8. The van der Waals surface area contributed by atoms with Gasteiger partial charge in [-0.25, -0.2) is 0 Å². The van der Waals surface area contributed by atoms with Gasteiger partial charge in [0.1, 0.15) is 5.75 Å². The molecule has 280 valence electrons. The highest BCUT2D eigenvalue weighted by molar-refractivity contribution is 5.78. The van der Waals surface area contributed by atoms with E-state index in [0.29, 0.717) is 24.7 Å². The van der Waals surface area contributed by atoms with Crippen LogP contribution in [0.25, 0.3) is 0 Å². The molecule has 0 fully saturated rings. The summed E-state index contributed by atoms with van der Waals surface area (Å²) in [5.74, 6) is 0.120. The van der Waals surface area contributed by atoms with Crippen LogP contribution in [0.4, 0.5) is 13.2 Å². The van der Waals surface area contributed by atoms with E-state index in [0.717, 1.165) is 26.2 Å². The largest absolute Gasteiger partial charge is 0.465 e. The number of halogens is 3. The Morgan fingerprint density at radius 2 is 1.12 bits per heavy atom. The fourth-order valence-electron chi connectivity index (χ4n) is 3.38. The molecule has 1 rings (SSSR count). The lowest BCUT2D eigenvalue weighted by Crippen LogP contribution is -2.36. The predicted molar refractivity (Wildman–Crippen MR) is 189 cm³/mol. The van der Waals surface area contributed by atoms with Crippen molar-refractivity contribution in [3.8, 4) is 5.75 Å². The summed E-state index contributed by atoms with van der Waals surface area (Å²) in [6, 6.07) is 7.76. The van der Waals surface area contributed by atoms with Gasteiger partial charge in [0.15, 0.2) is 6.10 Å². The quantitative estimate of drug-likeness (QED) is 0.143. The van der Waals surface area contributed by atoms with E-state index in [1.54, 1.807) is 20.8 Å². The second-order valence-corrected chi connectivity index (χ2v) is 15.5. The number of esters is 3. The van der Waals surface area contributed by atoms with E-state index in [2.05, 4.69) is 39.4 Å². The van der Waals surface area contributed by atoms with Crippen LogP contribution in [-0.4, -0.2) is 36.8 Å². The summed E-state index contributed by atoms with van der Waals surface area (Å²) in [5, 5.41) is 0. The average Bonchev–Trinajstić information content (AvgIpc) is 3.00. The molecule has 0 amide bonds. The summed E-state index contributed by atoms with van der Waals surface area (Å²) < 4.78 is 51.2. The zero-order chi connectivity index (χ0) is 38.1. The van der Waals surface area contributed by atoms with E-state index in [1.165, 1.54) is 24.8 Å². The van der Waals surface area contributed by atoms with E-state index >= 15 is 0 Å². The third-order valence-corrected chi connectivity index (χ3v) is 8.98. The molecule has 0 saturated heterocycles.